The zero-order valence-electron chi connectivity index (χ0n) is 15.3. The first-order valence-electron chi connectivity index (χ1n) is 8.65. The van der Waals surface area contributed by atoms with Gasteiger partial charge in [0.05, 0.1) is 4.70 Å². The fraction of sp³-hybridized carbons (Fsp3) is 0.150. The summed E-state index contributed by atoms with van der Waals surface area (Å²) in [5.74, 6) is -2.70. The van der Waals surface area contributed by atoms with E-state index in [4.69, 9.17) is 5.26 Å². The lowest BCUT2D eigenvalue weighted by Crippen LogP contribution is -2.09. The Morgan fingerprint density at radius 2 is 1.90 bits per heavy atom. The smallest absolute Gasteiger partial charge is 0.272 e. The largest absolute Gasteiger partial charge is 0.435 e. The van der Waals surface area contributed by atoms with Gasteiger partial charge in [-0.25, -0.2) is 8.78 Å². The van der Waals surface area contributed by atoms with Crippen molar-refractivity contribution in [1.29, 1.82) is 5.26 Å². The van der Waals surface area contributed by atoms with Crippen molar-refractivity contribution in [3.63, 3.8) is 0 Å². The normalized spacial score (nSPS) is 11.8. The third-order valence-corrected chi connectivity index (χ3v) is 5.54. The Morgan fingerprint density at radius 1 is 1.13 bits per heavy atom. The predicted octanol–water partition coefficient (Wildman–Crippen LogP) is 6.02. The molecule has 3 aromatic heterocycles. The van der Waals surface area contributed by atoms with Crippen LogP contribution in [0, 0.1) is 23.0 Å². The summed E-state index contributed by atoms with van der Waals surface area (Å²) in [5, 5.41) is 13.2. The molecule has 0 spiro atoms. The average molecular weight is 434 g/mol. The minimum absolute atomic E-state index is 0.0236. The molecule has 0 saturated heterocycles. The fourth-order valence-corrected chi connectivity index (χ4v) is 4.10. The molecule has 4 rings (SSSR count). The molecule has 152 valence electrons. The number of halogens is 5. The van der Waals surface area contributed by atoms with Crippen LogP contribution in [0.3, 0.4) is 0 Å². The number of pyridine rings is 1. The van der Waals surface area contributed by atoms with Crippen LogP contribution < -0.4 is 0 Å². The number of thiophene rings is 1. The summed E-state index contributed by atoms with van der Waals surface area (Å²) < 4.78 is 71.5. The molecular formula is C20H11F5N4S. The van der Waals surface area contributed by atoms with E-state index in [1.165, 1.54) is 18.5 Å². The molecule has 0 atom stereocenters. The van der Waals surface area contributed by atoms with Gasteiger partial charge in [0, 0.05) is 47.2 Å². The summed E-state index contributed by atoms with van der Waals surface area (Å²) >= 11 is 1.14. The lowest BCUT2D eigenvalue weighted by molar-refractivity contribution is -0.141. The van der Waals surface area contributed by atoms with Crippen molar-refractivity contribution in [3.05, 3.63) is 59.0 Å². The standard InChI is InChI=1S/C20H11F5N4S/c1-2-29-9-14(19(28-29)20(23,24)25)17-11(3-4-15(21)18(17)22)13-7-27-8-16-12(13)5-10(6-26)30-16/h3-5,7-9H,2H2,1H3. The summed E-state index contributed by atoms with van der Waals surface area (Å²) in [4.78, 5) is 4.42. The van der Waals surface area contributed by atoms with Crippen molar-refractivity contribution in [1.82, 2.24) is 14.8 Å². The first-order valence-corrected chi connectivity index (χ1v) is 9.47. The second-order valence-electron chi connectivity index (χ2n) is 6.35. The van der Waals surface area contributed by atoms with Crippen LogP contribution in [0.5, 0.6) is 0 Å². The summed E-state index contributed by atoms with van der Waals surface area (Å²) in [6.07, 6.45) is -0.970. The van der Waals surface area contributed by atoms with E-state index in [1.807, 2.05) is 6.07 Å². The van der Waals surface area contributed by atoms with Gasteiger partial charge in [-0.2, -0.15) is 23.5 Å². The molecule has 3 heterocycles. The van der Waals surface area contributed by atoms with Crippen LogP contribution in [-0.4, -0.2) is 14.8 Å². The van der Waals surface area contributed by atoms with Crippen molar-refractivity contribution in [2.45, 2.75) is 19.6 Å². The first-order chi connectivity index (χ1) is 14.2. The number of nitrogens with zero attached hydrogens (tertiary/aromatic N) is 4. The van der Waals surface area contributed by atoms with E-state index in [9.17, 15) is 22.0 Å². The van der Waals surface area contributed by atoms with E-state index in [2.05, 4.69) is 10.1 Å². The van der Waals surface area contributed by atoms with Crippen LogP contribution in [0.15, 0.2) is 36.8 Å². The number of benzene rings is 1. The Balaban J connectivity index is 2.08. The van der Waals surface area contributed by atoms with E-state index in [1.54, 1.807) is 13.0 Å². The van der Waals surface area contributed by atoms with Crippen LogP contribution in [-0.2, 0) is 12.7 Å². The van der Waals surface area contributed by atoms with Crippen LogP contribution in [0.4, 0.5) is 22.0 Å². The Bertz CT molecular complexity index is 1310. The Hall–Kier alpha value is -3.32. The maximum absolute atomic E-state index is 14.9. The number of aromatic nitrogens is 3. The lowest BCUT2D eigenvalue weighted by Gasteiger charge is -2.13. The topological polar surface area (TPSA) is 54.5 Å². The molecule has 0 aliphatic rings. The van der Waals surface area contributed by atoms with Gasteiger partial charge in [-0.05, 0) is 24.6 Å². The Labute approximate surface area is 170 Å². The monoisotopic (exact) mass is 434 g/mol. The molecule has 30 heavy (non-hydrogen) atoms. The second kappa shape index (κ2) is 7.18. The minimum atomic E-state index is -4.87. The van der Waals surface area contributed by atoms with E-state index in [0.29, 0.717) is 15.0 Å². The van der Waals surface area contributed by atoms with Crippen LogP contribution >= 0.6 is 11.3 Å². The highest BCUT2D eigenvalue weighted by atomic mass is 32.1. The van der Waals surface area contributed by atoms with Gasteiger partial charge in [-0.1, -0.05) is 6.07 Å². The van der Waals surface area contributed by atoms with Gasteiger partial charge < -0.3 is 0 Å². The van der Waals surface area contributed by atoms with Gasteiger partial charge in [0.1, 0.15) is 10.9 Å². The SMILES string of the molecule is CCn1cc(-c2c(-c3cncc4sc(C#N)cc34)ccc(F)c2F)c(C(F)(F)F)n1. The van der Waals surface area contributed by atoms with Crippen molar-refractivity contribution >= 4 is 21.4 Å². The molecule has 0 aliphatic carbocycles. The number of fused-ring (bicyclic) bond motifs is 1. The molecule has 0 amide bonds. The zero-order valence-corrected chi connectivity index (χ0v) is 16.1. The summed E-state index contributed by atoms with van der Waals surface area (Å²) in [5.41, 5.74) is -2.12. The van der Waals surface area contributed by atoms with Crippen molar-refractivity contribution < 1.29 is 22.0 Å². The van der Waals surface area contributed by atoms with Crippen LogP contribution in [0.25, 0.3) is 32.3 Å². The molecule has 0 fully saturated rings. The van der Waals surface area contributed by atoms with E-state index >= 15 is 0 Å². The molecule has 10 heteroatoms. The molecule has 0 radical (unpaired) electrons. The lowest BCUT2D eigenvalue weighted by atomic mass is 9.93. The Morgan fingerprint density at radius 3 is 2.57 bits per heavy atom. The van der Waals surface area contributed by atoms with Gasteiger partial charge in [-0.15, -0.1) is 11.3 Å². The summed E-state index contributed by atoms with van der Waals surface area (Å²) in [6.45, 7) is 1.70. The van der Waals surface area contributed by atoms with Gasteiger partial charge in [0.2, 0.25) is 0 Å². The maximum Gasteiger partial charge on any atom is 0.435 e. The van der Waals surface area contributed by atoms with Crippen LogP contribution in [0.2, 0.25) is 0 Å². The number of alkyl halides is 3. The third-order valence-electron chi connectivity index (χ3n) is 4.57. The maximum atomic E-state index is 14.9. The molecule has 0 N–H and O–H groups in total. The predicted molar refractivity (Wildman–Crippen MR) is 102 cm³/mol. The molecule has 4 nitrogen and oxygen atoms in total. The molecule has 1 aromatic carbocycles. The van der Waals surface area contributed by atoms with E-state index in [-0.39, 0.29) is 17.7 Å². The number of nitriles is 1. The van der Waals surface area contributed by atoms with Crippen LogP contribution in [0.1, 0.15) is 17.5 Å². The fourth-order valence-electron chi connectivity index (χ4n) is 3.24. The van der Waals surface area contributed by atoms with Crippen molar-refractivity contribution in [2.75, 3.05) is 0 Å². The molecule has 4 aromatic rings. The summed E-state index contributed by atoms with van der Waals surface area (Å²) in [6, 6.07) is 5.60. The molecule has 0 saturated carbocycles. The van der Waals surface area contributed by atoms with Crippen molar-refractivity contribution in [2.24, 2.45) is 0 Å². The molecule has 0 bridgehead atoms. The minimum Gasteiger partial charge on any atom is -0.272 e. The number of hydrogen-bond acceptors (Lipinski definition) is 4. The highest BCUT2D eigenvalue weighted by molar-refractivity contribution is 7.19. The highest BCUT2D eigenvalue weighted by Crippen LogP contribution is 2.44. The average Bonchev–Trinajstić information content (AvgIpc) is 3.33. The zero-order chi connectivity index (χ0) is 21.6. The van der Waals surface area contributed by atoms with E-state index in [0.717, 1.165) is 28.3 Å². The van der Waals surface area contributed by atoms with Gasteiger partial charge in [0.15, 0.2) is 17.3 Å². The Kier molecular flexibility index (Phi) is 4.78. The molecule has 0 unspecified atom stereocenters. The van der Waals surface area contributed by atoms with E-state index < -0.39 is 34.6 Å². The second-order valence-corrected chi connectivity index (χ2v) is 7.43. The van der Waals surface area contributed by atoms with Gasteiger partial charge >= 0.3 is 6.18 Å². The van der Waals surface area contributed by atoms with Crippen molar-refractivity contribution in [3.8, 4) is 28.3 Å². The molecular weight excluding hydrogens is 423 g/mol. The quantitative estimate of drug-likeness (QED) is 0.371. The summed E-state index contributed by atoms with van der Waals surface area (Å²) in [7, 11) is 0. The number of hydrogen-bond donors (Lipinski definition) is 0. The number of rotatable bonds is 3. The third kappa shape index (κ3) is 3.21. The highest BCUT2D eigenvalue weighted by Gasteiger charge is 2.39. The molecule has 0 aliphatic heterocycles. The van der Waals surface area contributed by atoms with Gasteiger partial charge in [0.25, 0.3) is 0 Å². The van der Waals surface area contributed by atoms with Gasteiger partial charge in [-0.3, -0.25) is 9.67 Å². The number of aryl methyl sites for hydroxylation is 1. The first kappa shape index (κ1) is 20.0.